The van der Waals surface area contributed by atoms with Crippen LogP contribution in [0.3, 0.4) is 0 Å². The summed E-state index contributed by atoms with van der Waals surface area (Å²) in [5.41, 5.74) is 0.403. The van der Waals surface area contributed by atoms with Gasteiger partial charge in [-0.15, -0.1) is 0 Å². The molecule has 3 aliphatic rings. The van der Waals surface area contributed by atoms with Crippen molar-refractivity contribution in [3.05, 3.63) is 36.0 Å². The molecule has 66 heavy (non-hydrogen) atoms. The Balaban J connectivity index is 1.94. The van der Waals surface area contributed by atoms with E-state index in [1.807, 2.05) is 6.08 Å². The van der Waals surface area contributed by atoms with E-state index >= 15 is 0 Å². The molecule has 3 aliphatic heterocycles. The van der Waals surface area contributed by atoms with Crippen LogP contribution < -0.4 is 5.32 Å². The van der Waals surface area contributed by atoms with Gasteiger partial charge < -0.3 is 37.7 Å². The molecule has 10 nitrogen and oxygen atoms in total. The highest BCUT2D eigenvalue weighted by Crippen LogP contribution is 2.42. The minimum absolute atomic E-state index is 0.0267. The van der Waals surface area contributed by atoms with Crippen LogP contribution in [-0.4, -0.2) is 110 Å². The molecule has 0 aliphatic carbocycles. The van der Waals surface area contributed by atoms with Crippen LogP contribution in [0.1, 0.15) is 149 Å². The molecule has 0 radical (unpaired) electrons. The zero-order valence-corrected chi connectivity index (χ0v) is 47.9. The average molecular weight is 978 g/mol. The fourth-order valence-corrected chi connectivity index (χ4v) is 19.8. The quantitative estimate of drug-likeness (QED) is 0.0283. The first-order valence-corrected chi connectivity index (χ1v) is 34.6. The van der Waals surface area contributed by atoms with Gasteiger partial charge in [-0.3, -0.25) is 4.79 Å². The van der Waals surface area contributed by atoms with Gasteiger partial charge in [-0.25, -0.2) is 4.79 Å². The average Bonchev–Trinajstić information content (AvgIpc) is 3.87. The predicted octanol–water partition coefficient (Wildman–Crippen LogP) is 13.4. The number of nitrogens with zero attached hydrogens (tertiary/aromatic N) is 1. The zero-order chi connectivity index (χ0) is 49.1. The van der Waals surface area contributed by atoms with E-state index in [2.05, 4.69) is 138 Å². The number of amides is 1. The normalized spacial score (nSPS) is 27.7. The number of likely N-dealkylation sites (tertiary alicyclic amines) is 1. The highest BCUT2D eigenvalue weighted by Gasteiger charge is 2.51. The van der Waals surface area contributed by atoms with E-state index in [-0.39, 0.29) is 48.6 Å². The van der Waals surface area contributed by atoms with Crippen molar-refractivity contribution in [2.24, 2.45) is 17.8 Å². The molecule has 0 saturated carbocycles. The standard InChI is InChI=1S/C53H100N2O8Si3/c1-16-46(62-65(20-5,21-6)22-7)44(14)51-48(58-51)40-53(15,63-66(23-8,24-9)25-10)34-28-29-42(12)50-43(13)31-33-47(59-52(57)54-35-38-55-36-26-27-37-55)41(11)30-32-45(39-49(56)60-50)61-64(17-2,18-3)19-4/h28-29,31,33-34,41,43-48,50-51H,16-27,30,32,35-40H2,1-15H3,(H,54,57)/b33-31+,34-28+,42-29+. The highest BCUT2D eigenvalue weighted by molar-refractivity contribution is 6.74. The van der Waals surface area contributed by atoms with E-state index < -0.39 is 48.9 Å². The van der Waals surface area contributed by atoms with Gasteiger partial charge in [-0.1, -0.05) is 114 Å². The van der Waals surface area contributed by atoms with Crippen LogP contribution in [0.2, 0.25) is 54.4 Å². The maximum atomic E-state index is 14.0. The summed E-state index contributed by atoms with van der Waals surface area (Å²) in [6.45, 7) is 37.1. The fraction of sp³-hybridized carbons (Fsp3) is 0.849. The predicted molar refractivity (Wildman–Crippen MR) is 282 cm³/mol. The van der Waals surface area contributed by atoms with Gasteiger partial charge in [-0.05, 0) is 131 Å². The van der Waals surface area contributed by atoms with Crippen molar-refractivity contribution < 1.29 is 37.1 Å². The fourth-order valence-electron chi connectivity index (χ4n) is 10.8. The molecule has 1 N–H and O–H groups in total. The van der Waals surface area contributed by atoms with Crippen molar-refractivity contribution in [1.29, 1.82) is 0 Å². The van der Waals surface area contributed by atoms with Gasteiger partial charge in [-0.2, -0.15) is 0 Å². The van der Waals surface area contributed by atoms with E-state index in [4.69, 9.17) is 27.5 Å². The molecule has 382 valence electrons. The molecule has 3 heterocycles. The summed E-state index contributed by atoms with van der Waals surface area (Å²) in [4.78, 5) is 29.7. The number of epoxide rings is 1. The molecule has 3 rings (SSSR count). The number of esters is 1. The molecule has 0 aromatic heterocycles. The Labute approximate surface area is 407 Å². The molecule has 0 aromatic rings. The number of hydrogen-bond acceptors (Lipinski definition) is 9. The summed E-state index contributed by atoms with van der Waals surface area (Å²) >= 11 is 0. The first-order chi connectivity index (χ1) is 31.4. The van der Waals surface area contributed by atoms with Gasteiger partial charge in [0.25, 0.3) is 0 Å². The summed E-state index contributed by atoms with van der Waals surface area (Å²) in [6, 6.07) is 9.62. The second-order valence-electron chi connectivity index (χ2n) is 20.7. The minimum Gasteiger partial charge on any atom is -0.457 e. The number of hydrogen-bond donors (Lipinski definition) is 1. The Bertz CT molecular complexity index is 1500. The Kier molecular flexibility index (Phi) is 25.2. The summed E-state index contributed by atoms with van der Waals surface area (Å²) in [5, 5.41) is 3.01. The zero-order valence-electron chi connectivity index (χ0n) is 44.9. The van der Waals surface area contributed by atoms with E-state index in [9.17, 15) is 9.59 Å². The lowest BCUT2D eigenvalue weighted by molar-refractivity contribution is -0.150. The topological polar surface area (TPSA) is 108 Å². The molecule has 1 amide bonds. The second kappa shape index (κ2) is 28.3. The lowest BCUT2D eigenvalue weighted by Gasteiger charge is -2.39. The van der Waals surface area contributed by atoms with Gasteiger partial charge in [0.15, 0.2) is 25.0 Å². The maximum Gasteiger partial charge on any atom is 0.407 e. The van der Waals surface area contributed by atoms with E-state index in [1.165, 1.54) is 12.8 Å². The molecule has 10 unspecified atom stereocenters. The number of carbonyl (C=O) groups is 2. The van der Waals surface area contributed by atoms with E-state index in [0.29, 0.717) is 18.9 Å². The third-order valence-corrected chi connectivity index (χ3v) is 30.6. The van der Waals surface area contributed by atoms with Gasteiger partial charge in [0.2, 0.25) is 0 Å². The molecule has 2 fully saturated rings. The summed E-state index contributed by atoms with van der Waals surface area (Å²) in [6.07, 6.45) is 15.2. The third kappa shape index (κ3) is 17.4. The Morgan fingerprint density at radius 1 is 0.879 bits per heavy atom. The number of nitrogens with one attached hydrogen (secondary N) is 1. The smallest absolute Gasteiger partial charge is 0.407 e. The Morgan fingerprint density at radius 2 is 1.47 bits per heavy atom. The number of allylic oxidation sites excluding steroid dienone is 2. The van der Waals surface area contributed by atoms with Crippen molar-refractivity contribution >= 4 is 37.0 Å². The van der Waals surface area contributed by atoms with Crippen molar-refractivity contribution in [3.63, 3.8) is 0 Å². The lowest BCUT2D eigenvalue weighted by atomic mass is 9.91. The summed E-state index contributed by atoms with van der Waals surface area (Å²) in [5.74, 6) is -0.0852. The number of cyclic esters (lactones) is 1. The molecule has 13 heteroatoms. The monoisotopic (exact) mass is 977 g/mol. The number of carbonyl (C=O) groups excluding carboxylic acids is 2. The van der Waals surface area contributed by atoms with Crippen LogP contribution in [0, 0.1) is 17.8 Å². The molecule has 0 aromatic carbocycles. The first kappa shape index (κ1) is 58.7. The van der Waals surface area contributed by atoms with E-state index in [1.54, 1.807) is 0 Å². The van der Waals surface area contributed by atoms with Crippen LogP contribution in [0.25, 0.3) is 0 Å². The molecule has 2 saturated heterocycles. The number of rotatable bonds is 27. The van der Waals surface area contributed by atoms with Crippen molar-refractivity contribution in [3.8, 4) is 0 Å². The van der Waals surface area contributed by atoms with Gasteiger partial charge in [0.1, 0.15) is 12.2 Å². The third-order valence-electron chi connectivity index (χ3n) is 16.4. The molecule has 0 spiro atoms. The molecule has 0 bridgehead atoms. The maximum absolute atomic E-state index is 14.0. The summed E-state index contributed by atoms with van der Waals surface area (Å²) < 4.78 is 40.7. The van der Waals surface area contributed by atoms with Crippen molar-refractivity contribution in [2.45, 2.75) is 245 Å². The molecular formula is C53H100N2O8Si3. The molecule has 10 atom stereocenters. The van der Waals surface area contributed by atoms with Crippen molar-refractivity contribution in [2.75, 3.05) is 26.2 Å². The van der Waals surface area contributed by atoms with Crippen LogP contribution in [0.5, 0.6) is 0 Å². The SMILES string of the molecule is CCC(O[Si](CC)(CC)CC)C(C)C1OC1CC(C)(/C=C/C=C(\C)C1OC(=O)CC(O[Si](CC)(CC)CC)CCC(C)C(OC(=O)NCCN2CCCC2)/C=C/C1C)O[Si](CC)(CC)CC. The Morgan fingerprint density at radius 3 is 2.03 bits per heavy atom. The molecular weight excluding hydrogens is 877 g/mol. The number of alkyl carbamates (subject to hydrolysis) is 1. The van der Waals surface area contributed by atoms with Crippen LogP contribution in [-0.2, 0) is 32.3 Å². The van der Waals surface area contributed by atoms with E-state index in [0.717, 1.165) is 98.9 Å². The first-order valence-electron chi connectivity index (χ1n) is 27.0. The van der Waals surface area contributed by atoms with Crippen LogP contribution in [0.4, 0.5) is 4.79 Å². The van der Waals surface area contributed by atoms with Crippen molar-refractivity contribution in [1.82, 2.24) is 10.2 Å². The largest absolute Gasteiger partial charge is 0.457 e. The highest BCUT2D eigenvalue weighted by atomic mass is 28.4. The second-order valence-corrected chi connectivity index (χ2v) is 34.8. The number of ether oxygens (including phenoxy) is 3. The minimum atomic E-state index is -2.04. The van der Waals surface area contributed by atoms with Gasteiger partial charge in [0, 0.05) is 37.5 Å². The van der Waals surface area contributed by atoms with Gasteiger partial charge >= 0.3 is 12.1 Å². The van der Waals surface area contributed by atoms with Gasteiger partial charge in [0.05, 0.1) is 30.3 Å². The van der Waals surface area contributed by atoms with Crippen LogP contribution in [0.15, 0.2) is 36.0 Å². The van der Waals surface area contributed by atoms with Crippen LogP contribution >= 0.6 is 0 Å². The summed E-state index contributed by atoms with van der Waals surface area (Å²) in [7, 11) is -5.82. The lowest BCUT2D eigenvalue weighted by Crippen LogP contribution is -2.46. The Hall–Kier alpha value is -1.59.